The highest BCUT2D eigenvalue weighted by atomic mass is 32.1. The van der Waals surface area contributed by atoms with Crippen molar-refractivity contribution in [3.05, 3.63) is 52.0 Å². The van der Waals surface area contributed by atoms with Gasteiger partial charge in [-0.05, 0) is 24.9 Å². The predicted octanol–water partition coefficient (Wildman–Crippen LogP) is 2.38. The molecule has 3 nitrogen and oxygen atoms in total. The second-order valence-corrected chi connectivity index (χ2v) is 6.23. The Hall–Kier alpha value is -1.23. The summed E-state index contributed by atoms with van der Waals surface area (Å²) in [4.78, 5) is 4.72. The first-order valence-corrected chi connectivity index (χ1v) is 8.19. The van der Waals surface area contributed by atoms with Crippen LogP contribution in [0.5, 0.6) is 0 Å². The lowest BCUT2D eigenvalue weighted by atomic mass is 10.1. The third-order valence-electron chi connectivity index (χ3n) is 3.70. The van der Waals surface area contributed by atoms with Crippen LogP contribution >= 0.6 is 11.3 Å². The Morgan fingerprint density at radius 3 is 2.95 bits per heavy atom. The number of hydrogen-bond acceptors (Lipinski definition) is 4. The molecule has 2 heterocycles. The summed E-state index contributed by atoms with van der Waals surface area (Å²) in [5.41, 5.74) is 2.57. The van der Waals surface area contributed by atoms with Crippen LogP contribution in [-0.2, 0) is 19.4 Å². The van der Waals surface area contributed by atoms with Gasteiger partial charge < -0.3 is 10.6 Å². The molecule has 0 bridgehead atoms. The minimum Gasteiger partial charge on any atom is -0.315 e. The predicted molar refractivity (Wildman–Crippen MR) is 84.1 cm³/mol. The summed E-state index contributed by atoms with van der Waals surface area (Å²) in [6, 6.07) is 11.2. The van der Waals surface area contributed by atoms with E-state index in [9.17, 15) is 0 Å². The highest BCUT2D eigenvalue weighted by Crippen LogP contribution is 2.13. The third-order valence-corrected chi connectivity index (χ3v) is 4.66. The van der Waals surface area contributed by atoms with Crippen molar-refractivity contribution in [1.82, 2.24) is 15.6 Å². The van der Waals surface area contributed by atoms with Crippen molar-refractivity contribution < 1.29 is 0 Å². The Bertz CT molecular complexity index is 518. The number of nitrogens with zero attached hydrogens (tertiary/aromatic N) is 1. The van der Waals surface area contributed by atoms with Gasteiger partial charge in [0.15, 0.2) is 0 Å². The molecule has 2 aromatic rings. The SMILES string of the molecule is c1ccc(CCc2nc(CNC3CCNC3)cs2)cc1. The van der Waals surface area contributed by atoms with Crippen molar-refractivity contribution in [1.29, 1.82) is 0 Å². The first kappa shape index (κ1) is 13.7. The lowest BCUT2D eigenvalue weighted by Crippen LogP contribution is -2.30. The molecule has 20 heavy (non-hydrogen) atoms. The standard InChI is InChI=1S/C16H21N3S/c1-2-4-13(5-3-1)6-7-16-19-15(12-20-16)11-18-14-8-9-17-10-14/h1-5,12,14,17-18H,6-11H2. The van der Waals surface area contributed by atoms with E-state index in [-0.39, 0.29) is 0 Å². The highest BCUT2D eigenvalue weighted by molar-refractivity contribution is 7.09. The molecule has 0 spiro atoms. The van der Waals surface area contributed by atoms with Gasteiger partial charge in [-0.3, -0.25) is 0 Å². The number of aromatic nitrogens is 1. The first-order valence-electron chi connectivity index (χ1n) is 7.31. The molecule has 0 amide bonds. The summed E-state index contributed by atoms with van der Waals surface area (Å²) in [7, 11) is 0. The molecule has 2 N–H and O–H groups in total. The average Bonchev–Trinajstić information content (AvgIpc) is 3.16. The molecule has 1 atom stereocenters. The van der Waals surface area contributed by atoms with Gasteiger partial charge in [0.25, 0.3) is 0 Å². The number of rotatable bonds is 6. The van der Waals surface area contributed by atoms with Crippen molar-refractivity contribution in [2.45, 2.75) is 31.8 Å². The summed E-state index contributed by atoms with van der Waals surface area (Å²) in [5.74, 6) is 0. The topological polar surface area (TPSA) is 37.0 Å². The monoisotopic (exact) mass is 287 g/mol. The molecule has 3 rings (SSSR count). The number of aryl methyl sites for hydroxylation is 2. The van der Waals surface area contributed by atoms with Crippen molar-refractivity contribution in [3.63, 3.8) is 0 Å². The van der Waals surface area contributed by atoms with Gasteiger partial charge in [-0.25, -0.2) is 4.98 Å². The van der Waals surface area contributed by atoms with E-state index in [1.54, 1.807) is 11.3 Å². The smallest absolute Gasteiger partial charge is 0.0932 e. The molecular weight excluding hydrogens is 266 g/mol. The Labute approximate surface area is 124 Å². The van der Waals surface area contributed by atoms with E-state index in [0.717, 1.165) is 32.5 Å². The van der Waals surface area contributed by atoms with Crippen LogP contribution in [-0.4, -0.2) is 24.1 Å². The molecule has 1 aromatic heterocycles. The second-order valence-electron chi connectivity index (χ2n) is 5.29. The van der Waals surface area contributed by atoms with Gasteiger partial charge >= 0.3 is 0 Å². The summed E-state index contributed by atoms with van der Waals surface area (Å²) >= 11 is 1.78. The van der Waals surface area contributed by atoms with Crippen molar-refractivity contribution in [2.75, 3.05) is 13.1 Å². The number of nitrogens with one attached hydrogen (secondary N) is 2. The van der Waals surface area contributed by atoms with Crippen LogP contribution in [0.4, 0.5) is 0 Å². The highest BCUT2D eigenvalue weighted by Gasteiger charge is 2.13. The molecule has 1 fully saturated rings. The zero-order chi connectivity index (χ0) is 13.6. The third kappa shape index (κ3) is 3.88. The van der Waals surface area contributed by atoms with Gasteiger partial charge in [0.2, 0.25) is 0 Å². The maximum Gasteiger partial charge on any atom is 0.0932 e. The summed E-state index contributed by atoms with van der Waals surface area (Å²) in [6.45, 7) is 3.12. The van der Waals surface area contributed by atoms with Crippen LogP contribution < -0.4 is 10.6 Å². The van der Waals surface area contributed by atoms with Crippen LogP contribution in [0.25, 0.3) is 0 Å². The van der Waals surface area contributed by atoms with Crippen LogP contribution in [0.15, 0.2) is 35.7 Å². The lowest BCUT2D eigenvalue weighted by Gasteiger charge is -2.08. The Balaban J connectivity index is 1.46. The van der Waals surface area contributed by atoms with Crippen LogP contribution in [0.3, 0.4) is 0 Å². The fraction of sp³-hybridized carbons (Fsp3) is 0.438. The van der Waals surface area contributed by atoms with E-state index in [2.05, 4.69) is 46.3 Å². The van der Waals surface area contributed by atoms with Gasteiger partial charge in [-0.1, -0.05) is 30.3 Å². The van der Waals surface area contributed by atoms with Gasteiger partial charge in [0, 0.05) is 30.9 Å². The first-order chi connectivity index (χ1) is 9.90. The van der Waals surface area contributed by atoms with Crippen LogP contribution in [0.2, 0.25) is 0 Å². The second kappa shape index (κ2) is 6.97. The van der Waals surface area contributed by atoms with E-state index < -0.39 is 0 Å². The minimum atomic E-state index is 0.615. The molecule has 1 aliphatic rings. The normalized spacial score (nSPS) is 18.5. The van der Waals surface area contributed by atoms with Gasteiger partial charge in [-0.2, -0.15) is 0 Å². The minimum absolute atomic E-state index is 0.615. The van der Waals surface area contributed by atoms with Crippen LogP contribution in [0, 0.1) is 0 Å². The van der Waals surface area contributed by atoms with E-state index >= 15 is 0 Å². The number of hydrogen-bond donors (Lipinski definition) is 2. The number of benzene rings is 1. The largest absolute Gasteiger partial charge is 0.315 e. The summed E-state index contributed by atoms with van der Waals surface area (Å²) in [5, 5.41) is 10.4. The Morgan fingerprint density at radius 1 is 1.25 bits per heavy atom. The zero-order valence-electron chi connectivity index (χ0n) is 11.6. The van der Waals surface area contributed by atoms with Crippen molar-refractivity contribution >= 4 is 11.3 Å². The quantitative estimate of drug-likeness (QED) is 0.856. The molecule has 4 heteroatoms. The fourth-order valence-electron chi connectivity index (χ4n) is 2.52. The molecule has 1 aromatic carbocycles. The zero-order valence-corrected chi connectivity index (χ0v) is 12.5. The molecular formula is C16H21N3S. The molecule has 106 valence electrons. The average molecular weight is 287 g/mol. The van der Waals surface area contributed by atoms with E-state index in [1.807, 2.05) is 0 Å². The van der Waals surface area contributed by atoms with Gasteiger partial charge in [0.05, 0.1) is 10.7 Å². The lowest BCUT2D eigenvalue weighted by molar-refractivity contribution is 0.542. The van der Waals surface area contributed by atoms with Gasteiger partial charge in [-0.15, -0.1) is 11.3 Å². The maximum absolute atomic E-state index is 4.72. The Morgan fingerprint density at radius 2 is 2.15 bits per heavy atom. The Kier molecular flexibility index (Phi) is 4.79. The molecule has 1 unspecified atom stereocenters. The van der Waals surface area contributed by atoms with Crippen molar-refractivity contribution in [3.8, 4) is 0 Å². The molecule has 1 saturated heterocycles. The molecule has 0 aliphatic carbocycles. The molecule has 0 radical (unpaired) electrons. The van der Waals surface area contributed by atoms with Crippen LogP contribution in [0.1, 0.15) is 22.7 Å². The molecule has 0 saturated carbocycles. The summed E-state index contributed by atoms with van der Waals surface area (Å²) < 4.78 is 0. The van der Waals surface area contributed by atoms with E-state index in [1.165, 1.54) is 22.7 Å². The van der Waals surface area contributed by atoms with E-state index in [0.29, 0.717) is 6.04 Å². The number of thiazole rings is 1. The maximum atomic E-state index is 4.72. The van der Waals surface area contributed by atoms with E-state index in [4.69, 9.17) is 4.98 Å². The fourth-order valence-corrected chi connectivity index (χ4v) is 3.32. The summed E-state index contributed by atoms with van der Waals surface area (Å²) in [6.07, 6.45) is 3.35. The molecule has 1 aliphatic heterocycles. The van der Waals surface area contributed by atoms with Crippen molar-refractivity contribution in [2.24, 2.45) is 0 Å². The van der Waals surface area contributed by atoms with Gasteiger partial charge in [0.1, 0.15) is 0 Å².